The van der Waals surface area contributed by atoms with Crippen molar-refractivity contribution in [1.82, 2.24) is 4.98 Å². The van der Waals surface area contributed by atoms with Crippen LogP contribution in [-0.2, 0) is 0 Å². The Labute approximate surface area is 215 Å². The fourth-order valence-corrected chi connectivity index (χ4v) is 5.21. The summed E-state index contributed by atoms with van der Waals surface area (Å²) in [5, 5.41) is 6.80. The smallest absolute Gasteiger partial charge is 0.143 e. The van der Waals surface area contributed by atoms with Crippen molar-refractivity contribution in [3.63, 3.8) is 0 Å². The molecule has 2 nitrogen and oxygen atoms in total. The van der Waals surface area contributed by atoms with Gasteiger partial charge in [-0.3, -0.25) is 4.98 Å². The van der Waals surface area contributed by atoms with E-state index < -0.39 is 0 Å². The molecule has 7 rings (SSSR count). The van der Waals surface area contributed by atoms with Crippen molar-refractivity contribution in [2.75, 3.05) is 0 Å². The Kier molecular flexibility index (Phi) is 5.15. The molecule has 0 radical (unpaired) electrons. The van der Waals surface area contributed by atoms with Crippen molar-refractivity contribution in [2.24, 2.45) is 0 Å². The van der Waals surface area contributed by atoms with Crippen LogP contribution in [0.5, 0.6) is 11.5 Å². The third-order valence-corrected chi connectivity index (χ3v) is 7.00. The zero-order valence-corrected chi connectivity index (χ0v) is 20.1. The molecule has 0 aliphatic rings. The van der Waals surface area contributed by atoms with Gasteiger partial charge in [-0.1, -0.05) is 103 Å². The Morgan fingerprint density at radius 1 is 0.459 bits per heavy atom. The summed E-state index contributed by atoms with van der Waals surface area (Å²) in [7, 11) is 0. The molecular formula is C35H23NO. The summed E-state index contributed by atoms with van der Waals surface area (Å²) >= 11 is 0. The third-order valence-electron chi connectivity index (χ3n) is 7.00. The zero-order valence-electron chi connectivity index (χ0n) is 20.1. The van der Waals surface area contributed by atoms with Gasteiger partial charge in [-0.25, -0.2) is 0 Å². The number of ether oxygens (including phenoxy) is 1. The molecule has 0 saturated carbocycles. The first-order valence-electron chi connectivity index (χ1n) is 12.5. The van der Waals surface area contributed by atoms with Crippen LogP contribution in [0, 0.1) is 0 Å². The highest BCUT2D eigenvalue weighted by molar-refractivity contribution is 6.17. The van der Waals surface area contributed by atoms with Crippen LogP contribution in [0.2, 0.25) is 0 Å². The van der Waals surface area contributed by atoms with Crippen molar-refractivity contribution in [3.8, 4) is 33.8 Å². The highest BCUT2D eigenvalue weighted by Crippen LogP contribution is 2.44. The average Bonchev–Trinajstić information content (AvgIpc) is 2.98. The standard InChI is InChI=1S/C35H23NO/c1-2-8-24(9-3-1)26-16-18-29(19-17-26)37-35-31-13-7-6-12-30(31)34(33-23-36-21-20-32(33)35)28-15-14-25-10-4-5-11-27(25)22-28/h1-23H. The number of fused-ring (bicyclic) bond motifs is 3. The van der Waals surface area contributed by atoms with Crippen LogP contribution in [0.4, 0.5) is 0 Å². The van der Waals surface area contributed by atoms with Gasteiger partial charge >= 0.3 is 0 Å². The average molecular weight is 474 g/mol. The number of pyridine rings is 1. The van der Waals surface area contributed by atoms with E-state index in [1.807, 2.05) is 30.6 Å². The summed E-state index contributed by atoms with van der Waals surface area (Å²) < 4.78 is 6.63. The lowest BCUT2D eigenvalue weighted by Gasteiger charge is -2.18. The number of rotatable bonds is 4. The molecule has 0 saturated heterocycles. The van der Waals surface area contributed by atoms with Gasteiger partial charge in [-0.15, -0.1) is 0 Å². The van der Waals surface area contributed by atoms with Gasteiger partial charge in [0.2, 0.25) is 0 Å². The maximum Gasteiger partial charge on any atom is 0.143 e. The Morgan fingerprint density at radius 3 is 1.95 bits per heavy atom. The highest BCUT2D eigenvalue weighted by Gasteiger charge is 2.17. The second-order valence-electron chi connectivity index (χ2n) is 9.23. The van der Waals surface area contributed by atoms with Gasteiger partial charge in [-0.2, -0.15) is 0 Å². The van der Waals surface area contributed by atoms with Crippen LogP contribution < -0.4 is 4.74 Å². The second-order valence-corrected chi connectivity index (χ2v) is 9.23. The molecule has 0 fully saturated rings. The minimum Gasteiger partial charge on any atom is -0.456 e. The van der Waals surface area contributed by atoms with Gasteiger partial charge in [0.15, 0.2) is 0 Å². The summed E-state index contributed by atoms with van der Waals surface area (Å²) in [4.78, 5) is 4.51. The van der Waals surface area contributed by atoms with E-state index in [9.17, 15) is 0 Å². The van der Waals surface area contributed by atoms with Gasteiger partial charge in [-0.05, 0) is 62.7 Å². The summed E-state index contributed by atoms with van der Waals surface area (Å²) in [6, 6.07) is 44.4. The van der Waals surface area contributed by atoms with E-state index >= 15 is 0 Å². The number of hydrogen-bond acceptors (Lipinski definition) is 2. The van der Waals surface area contributed by atoms with Crippen molar-refractivity contribution in [2.45, 2.75) is 0 Å². The normalized spacial score (nSPS) is 11.2. The third kappa shape index (κ3) is 3.80. The van der Waals surface area contributed by atoms with E-state index in [1.165, 1.54) is 33.0 Å². The van der Waals surface area contributed by atoms with E-state index in [1.54, 1.807) is 0 Å². The monoisotopic (exact) mass is 473 g/mol. The Bertz CT molecular complexity index is 1830. The molecule has 7 aromatic rings. The lowest BCUT2D eigenvalue weighted by Crippen LogP contribution is -1.93. The molecule has 6 aromatic carbocycles. The first kappa shape index (κ1) is 21.3. The second kappa shape index (κ2) is 8.92. The minimum atomic E-state index is 0.807. The molecule has 0 N–H and O–H groups in total. The quantitative estimate of drug-likeness (QED) is 0.237. The van der Waals surface area contributed by atoms with Crippen LogP contribution in [0.15, 0.2) is 140 Å². The van der Waals surface area contributed by atoms with Crippen LogP contribution in [0.25, 0.3) is 54.6 Å². The van der Waals surface area contributed by atoms with Gasteiger partial charge in [0.1, 0.15) is 11.5 Å². The fourth-order valence-electron chi connectivity index (χ4n) is 5.21. The maximum atomic E-state index is 6.63. The summed E-state index contributed by atoms with van der Waals surface area (Å²) in [5.74, 6) is 1.66. The predicted molar refractivity (Wildman–Crippen MR) is 154 cm³/mol. The van der Waals surface area contributed by atoms with Crippen LogP contribution in [0.1, 0.15) is 0 Å². The minimum absolute atomic E-state index is 0.807. The summed E-state index contributed by atoms with van der Waals surface area (Å²) in [6.07, 6.45) is 3.80. The molecule has 0 atom stereocenters. The van der Waals surface area contributed by atoms with Gasteiger partial charge in [0.25, 0.3) is 0 Å². The molecule has 0 bridgehead atoms. The van der Waals surface area contributed by atoms with Crippen molar-refractivity contribution in [1.29, 1.82) is 0 Å². The Hall–Kier alpha value is -4.95. The first-order chi connectivity index (χ1) is 18.3. The predicted octanol–water partition coefficient (Wildman–Crippen LogP) is 9.67. The lowest BCUT2D eigenvalue weighted by atomic mass is 9.91. The molecule has 2 heteroatoms. The van der Waals surface area contributed by atoms with Gasteiger partial charge < -0.3 is 4.74 Å². The molecule has 0 spiro atoms. The van der Waals surface area contributed by atoms with Crippen molar-refractivity contribution in [3.05, 3.63) is 140 Å². The molecular weight excluding hydrogens is 450 g/mol. The molecule has 0 unspecified atom stereocenters. The van der Waals surface area contributed by atoms with Crippen LogP contribution in [-0.4, -0.2) is 4.98 Å². The van der Waals surface area contributed by atoms with E-state index in [-0.39, 0.29) is 0 Å². The van der Waals surface area contributed by atoms with E-state index in [4.69, 9.17) is 4.74 Å². The molecule has 37 heavy (non-hydrogen) atoms. The summed E-state index contributed by atoms with van der Waals surface area (Å²) in [5.41, 5.74) is 4.71. The lowest BCUT2D eigenvalue weighted by molar-refractivity contribution is 0.494. The Morgan fingerprint density at radius 2 is 1.11 bits per heavy atom. The number of hydrogen-bond donors (Lipinski definition) is 0. The topological polar surface area (TPSA) is 22.1 Å². The molecule has 1 heterocycles. The molecule has 0 aliphatic carbocycles. The highest BCUT2D eigenvalue weighted by atomic mass is 16.5. The Balaban J connectivity index is 1.41. The fraction of sp³-hybridized carbons (Fsp3) is 0. The van der Waals surface area contributed by atoms with Gasteiger partial charge in [0, 0.05) is 28.6 Å². The van der Waals surface area contributed by atoms with E-state index in [2.05, 4.69) is 114 Å². The van der Waals surface area contributed by atoms with Crippen LogP contribution in [0.3, 0.4) is 0 Å². The number of aromatic nitrogens is 1. The molecule has 1 aromatic heterocycles. The zero-order chi connectivity index (χ0) is 24.6. The maximum absolute atomic E-state index is 6.63. The molecule has 174 valence electrons. The van der Waals surface area contributed by atoms with Crippen LogP contribution >= 0.6 is 0 Å². The van der Waals surface area contributed by atoms with Crippen molar-refractivity contribution < 1.29 is 4.74 Å². The van der Waals surface area contributed by atoms with Crippen molar-refractivity contribution >= 4 is 32.3 Å². The summed E-state index contributed by atoms with van der Waals surface area (Å²) in [6.45, 7) is 0. The van der Waals surface area contributed by atoms with E-state index in [0.29, 0.717) is 0 Å². The van der Waals surface area contributed by atoms with E-state index in [0.717, 1.165) is 33.0 Å². The molecule has 0 aliphatic heterocycles. The molecule has 0 amide bonds. The van der Waals surface area contributed by atoms with Gasteiger partial charge in [0.05, 0.1) is 0 Å². The SMILES string of the molecule is c1ccc(-c2ccc(Oc3c4ccccc4c(-c4ccc5ccccc5c4)c4cnccc34)cc2)cc1. The number of nitrogens with zero attached hydrogens (tertiary/aromatic N) is 1. The number of benzene rings is 6. The largest absolute Gasteiger partial charge is 0.456 e. The first-order valence-corrected chi connectivity index (χ1v) is 12.5.